The quantitative estimate of drug-likeness (QED) is 0.562. The standard InChI is InChI=1S/C20H33N3O2/c1-5-15(4)16-9-11-17(12-10-16)19(14(2)3)23-18(24)8-6-7-13-22-20(21)25/h9-12,14-15,19H,5-8,13H2,1-4H3,(H,23,24)(H3,21,22,25). The predicted octanol–water partition coefficient (Wildman–Crippen LogP) is 3.85. The highest BCUT2D eigenvalue weighted by molar-refractivity contribution is 5.76. The number of amides is 3. The van der Waals surface area contributed by atoms with Crippen LogP contribution in [-0.4, -0.2) is 18.5 Å². The van der Waals surface area contributed by atoms with Gasteiger partial charge in [0.2, 0.25) is 5.91 Å². The molecule has 0 heterocycles. The Labute approximate surface area is 151 Å². The molecule has 0 aliphatic carbocycles. The van der Waals surface area contributed by atoms with Gasteiger partial charge in [-0.1, -0.05) is 52.0 Å². The third-order valence-electron chi connectivity index (χ3n) is 4.59. The van der Waals surface area contributed by atoms with Gasteiger partial charge in [-0.15, -0.1) is 0 Å². The van der Waals surface area contributed by atoms with Gasteiger partial charge >= 0.3 is 6.03 Å². The molecule has 1 aromatic carbocycles. The highest BCUT2D eigenvalue weighted by atomic mass is 16.2. The third kappa shape index (κ3) is 7.59. The topological polar surface area (TPSA) is 84.2 Å². The fourth-order valence-electron chi connectivity index (χ4n) is 2.77. The molecule has 0 fully saturated rings. The van der Waals surface area contributed by atoms with Gasteiger partial charge in [0, 0.05) is 13.0 Å². The van der Waals surface area contributed by atoms with E-state index in [1.807, 2.05) is 0 Å². The summed E-state index contributed by atoms with van der Waals surface area (Å²) >= 11 is 0. The van der Waals surface area contributed by atoms with E-state index in [-0.39, 0.29) is 11.9 Å². The molecule has 5 nitrogen and oxygen atoms in total. The zero-order valence-corrected chi connectivity index (χ0v) is 16.0. The van der Waals surface area contributed by atoms with Crippen LogP contribution in [0.5, 0.6) is 0 Å². The lowest BCUT2D eigenvalue weighted by atomic mass is 9.92. The fourth-order valence-corrected chi connectivity index (χ4v) is 2.77. The van der Waals surface area contributed by atoms with Crippen LogP contribution in [0, 0.1) is 5.92 Å². The molecule has 0 aliphatic rings. The van der Waals surface area contributed by atoms with E-state index < -0.39 is 6.03 Å². The first-order chi connectivity index (χ1) is 11.8. The molecule has 0 bridgehead atoms. The lowest BCUT2D eigenvalue weighted by Gasteiger charge is -2.23. The van der Waals surface area contributed by atoms with Crippen LogP contribution in [-0.2, 0) is 4.79 Å². The number of carbonyl (C=O) groups is 2. The summed E-state index contributed by atoms with van der Waals surface area (Å²) in [5.74, 6) is 0.911. The SMILES string of the molecule is CCC(C)c1ccc(C(NC(=O)CCCCNC(N)=O)C(C)C)cc1. The summed E-state index contributed by atoms with van der Waals surface area (Å²) in [5.41, 5.74) is 7.49. The molecule has 140 valence electrons. The highest BCUT2D eigenvalue weighted by Gasteiger charge is 2.18. The maximum Gasteiger partial charge on any atom is 0.312 e. The lowest BCUT2D eigenvalue weighted by molar-refractivity contribution is -0.122. The van der Waals surface area contributed by atoms with Crippen molar-refractivity contribution < 1.29 is 9.59 Å². The van der Waals surface area contributed by atoms with E-state index >= 15 is 0 Å². The summed E-state index contributed by atoms with van der Waals surface area (Å²) in [7, 11) is 0. The maximum atomic E-state index is 12.2. The molecule has 0 spiro atoms. The van der Waals surface area contributed by atoms with Crippen LogP contribution in [0.15, 0.2) is 24.3 Å². The molecule has 0 saturated heterocycles. The van der Waals surface area contributed by atoms with Crippen molar-refractivity contribution >= 4 is 11.9 Å². The number of hydrogen-bond acceptors (Lipinski definition) is 2. The number of primary amides is 1. The molecule has 1 aromatic rings. The number of rotatable bonds is 10. The van der Waals surface area contributed by atoms with E-state index in [1.165, 1.54) is 5.56 Å². The van der Waals surface area contributed by atoms with Crippen LogP contribution in [0.4, 0.5) is 4.79 Å². The molecule has 2 atom stereocenters. The lowest BCUT2D eigenvalue weighted by Crippen LogP contribution is -2.32. The molecule has 25 heavy (non-hydrogen) atoms. The first-order valence-corrected chi connectivity index (χ1v) is 9.27. The molecule has 0 aliphatic heterocycles. The summed E-state index contributed by atoms with van der Waals surface area (Å²) < 4.78 is 0. The Bertz CT molecular complexity index is 540. The fraction of sp³-hybridized carbons (Fsp3) is 0.600. The Morgan fingerprint density at radius 1 is 1.04 bits per heavy atom. The van der Waals surface area contributed by atoms with Crippen molar-refractivity contribution in [3.05, 3.63) is 35.4 Å². The van der Waals surface area contributed by atoms with Crippen molar-refractivity contribution in [1.82, 2.24) is 10.6 Å². The summed E-state index contributed by atoms with van der Waals surface area (Å²) in [6, 6.07) is 8.08. The zero-order valence-electron chi connectivity index (χ0n) is 16.0. The van der Waals surface area contributed by atoms with Crippen LogP contribution in [0.2, 0.25) is 0 Å². The van der Waals surface area contributed by atoms with Gasteiger partial charge in [-0.2, -0.15) is 0 Å². The van der Waals surface area contributed by atoms with Gasteiger partial charge in [-0.05, 0) is 42.2 Å². The summed E-state index contributed by atoms with van der Waals surface area (Å²) in [5, 5.41) is 5.67. The van der Waals surface area contributed by atoms with Gasteiger partial charge in [0.15, 0.2) is 0 Å². The molecule has 2 unspecified atom stereocenters. The number of unbranched alkanes of at least 4 members (excludes halogenated alkanes) is 1. The van der Waals surface area contributed by atoms with Crippen molar-refractivity contribution in [3.63, 3.8) is 0 Å². The minimum atomic E-state index is -0.523. The van der Waals surface area contributed by atoms with E-state index in [2.05, 4.69) is 62.6 Å². The Morgan fingerprint density at radius 2 is 1.64 bits per heavy atom. The molecule has 5 heteroatoms. The minimum absolute atomic E-state index is 0.0160. The summed E-state index contributed by atoms with van der Waals surface area (Å²) in [6.45, 7) is 9.15. The van der Waals surface area contributed by atoms with E-state index in [4.69, 9.17) is 5.73 Å². The number of urea groups is 1. The monoisotopic (exact) mass is 347 g/mol. The smallest absolute Gasteiger partial charge is 0.312 e. The number of hydrogen-bond donors (Lipinski definition) is 3. The Balaban J connectivity index is 2.56. The second-order valence-electron chi connectivity index (χ2n) is 7.01. The van der Waals surface area contributed by atoms with Crippen LogP contribution in [0.25, 0.3) is 0 Å². The number of carbonyl (C=O) groups excluding carboxylic acids is 2. The number of nitrogens with two attached hydrogens (primary N) is 1. The molecule has 3 amide bonds. The largest absolute Gasteiger partial charge is 0.352 e. The number of nitrogens with one attached hydrogen (secondary N) is 2. The van der Waals surface area contributed by atoms with E-state index in [0.717, 1.165) is 24.8 Å². The van der Waals surface area contributed by atoms with Crippen molar-refractivity contribution in [2.45, 2.75) is 65.3 Å². The van der Waals surface area contributed by atoms with E-state index in [9.17, 15) is 9.59 Å². The first-order valence-electron chi connectivity index (χ1n) is 9.27. The average molecular weight is 348 g/mol. The molecule has 0 saturated carbocycles. The Kier molecular flexibility index (Phi) is 9.03. The highest BCUT2D eigenvalue weighted by Crippen LogP contribution is 2.25. The van der Waals surface area contributed by atoms with Crippen molar-refractivity contribution in [2.24, 2.45) is 11.7 Å². The molecule has 4 N–H and O–H groups in total. The van der Waals surface area contributed by atoms with Gasteiger partial charge in [0.25, 0.3) is 0 Å². The summed E-state index contributed by atoms with van der Waals surface area (Å²) in [6.07, 6.45) is 3.04. The van der Waals surface area contributed by atoms with Gasteiger partial charge in [-0.3, -0.25) is 4.79 Å². The molecule has 0 aromatic heterocycles. The van der Waals surface area contributed by atoms with Crippen LogP contribution in [0.1, 0.15) is 76.5 Å². The van der Waals surface area contributed by atoms with Gasteiger partial charge in [0.1, 0.15) is 0 Å². The Hall–Kier alpha value is -2.04. The summed E-state index contributed by atoms with van der Waals surface area (Å²) in [4.78, 5) is 22.8. The normalized spacial score (nSPS) is 13.3. The van der Waals surface area contributed by atoms with E-state index in [0.29, 0.717) is 24.8 Å². The van der Waals surface area contributed by atoms with E-state index in [1.54, 1.807) is 0 Å². The van der Waals surface area contributed by atoms with Crippen LogP contribution >= 0.6 is 0 Å². The van der Waals surface area contributed by atoms with Crippen molar-refractivity contribution in [3.8, 4) is 0 Å². The van der Waals surface area contributed by atoms with Gasteiger partial charge in [-0.25, -0.2) is 4.79 Å². The second-order valence-corrected chi connectivity index (χ2v) is 7.01. The van der Waals surface area contributed by atoms with Crippen molar-refractivity contribution in [2.75, 3.05) is 6.54 Å². The zero-order chi connectivity index (χ0) is 18.8. The van der Waals surface area contributed by atoms with Crippen LogP contribution in [0.3, 0.4) is 0 Å². The molecular formula is C20H33N3O2. The Morgan fingerprint density at radius 3 is 2.16 bits per heavy atom. The minimum Gasteiger partial charge on any atom is -0.352 e. The predicted molar refractivity (Wildman–Crippen MR) is 102 cm³/mol. The molecular weight excluding hydrogens is 314 g/mol. The number of benzene rings is 1. The van der Waals surface area contributed by atoms with Gasteiger partial charge < -0.3 is 16.4 Å². The molecule has 0 radical (unpaired) electrons. The van der Waals surface area contributed by atoms with Crippen molar-refractivity contribution in [1.29, 1.82) is 0 Å². The second kappa shape index (κ2) is 10.7. The maximum absolute atomic E-state index is 12.2. The molecule has 1 rings (SSSR count). The first kappa shape index (κ1) is 21.0. The van der Waals surface area contributed by atoms with Crippen LogP contribution < -0.4 is 16.4 Å². The average Bonchev–Trinajstić information content (AvgIpc) is 2.58. The third-order valence-corrected chi connectivity index (χ3v) is 4.59. The van der Waals surface area contributed by atoms with Gasteiger partial charge in [0.05, 0.1) is 6.04 Å².